The summed E-state index contributed by atoms with van der Waals surface area (Å²) in [5.41, 5.74) is 23.6. The van der Waals surface area contributed by atoms with Crippen LogP contribution in [0, 0.1) is 0 Å². The minimum Gasteiger partial charge on any atom is -0.467 e. The summed E-state index contributed by atoms with van der Waals surface area (Å²) in [7, 11) is 1.63. The molecule has 12 atom stereocenters. The summed E-state index contributed by atoms with van der Waals surface area (Å²) in [6.45, 7) is 2.05. The van der Waals surface area contributed by atoms with Gasteiger partial charge in [0.2, 0.25) is 12.2 Å². The molecule has 0 saturated heterocycles. The average molecular weight is 638 g/mol. The van der Waals surface area contributed by atoms with Gasteiger partial charge in [-0.3, -0.25) is 4.79 Å². The van der Waals surface area contributed by atoms with Gasteiger partial charge in [0.1, 0.15) is 36.3 Å². The minimum absolute atomic E-state index is 0.0423. The van der Waals surface area contributed by atoms with Gasteiger partial charge in [0, 0.05) is 25.2 Å². The number of carbonyl (C=O) groups excluding carboxylic acids is 1. The topological polar surface area (TPSA) is 295 Å². The number of ether oxygens (including phenoxy) is 4. The van der Waals surface area contributed by atoms with Gasteiger partial charge in [-0.25, -0.2) is 0 Å². The van der Waals surface area contributed by atoms with Crippen LogP contribution in [0.2, 0.25) is 0 Å². The molecule has 1 aliphatic heterocycles. The first kappa shape index (κ1) is 38.6. The van der Waals surface area contributed by atoms with Crippen molar-refractivity contribution >= 4 is 5.91 Å². The molecule has 1 saturated carbocycles. The number of aliphatic hydroxyl groups excluding tert-OH is 5. The van der Waals surface area contributed by atoms with Crippen LogP contribution in [-0.2, 0) is 23.7 Å². The third-order valence-corrected chi connectivity index (χ3v) is 7.77. The van der Waals surface area contributed by atoms with Crippen LogP contribution < -0.4 is 38.9 Å². The molecule has 1 fully saturated rings. The average Bonchev–Trinajstić information content (AvgIpc) is 3.02. The molecule has 0 spiro atoms. The monoisotopic (exact) mass is 637 g/mol. The van der Waals surface area contributed by atoms with E-state index in [0.29, 0.717) is 31.7 Å². The van der Waals surface area contributed by atoms with E-state index in [-0.39, 0.29) is 32.7 Å². The number of aliphatic hydroxyl groups is 5. The van der Waals surface area contributed by atoms with Crippen molar-refractivity contribution in [3.8, 4) is 0 Å². The Labute approximate surface area is 258 Å². The molecular weight excluding hydrogens is 582 g/mol. The Morgan fingerprint density at radius 3 is 2.52 bits per heavy atom. The molecule has 17 heteroatoms. The lowest BCUT2D eigenvalue weighted by Gasteiger charge is -2.46. The lowest BCUT2D eigenvalue weighted by atomic mass is 9.83. The van der Waals surface area contributed by atoms with Gasteiger partial charge in [0.05, 0.1) is 37.9 Å². The van der Waals surface area contributed by atoms with Crippen molar-refractivity contribution in [2.45, 2.75) is 106 Å². The number of nitrogens with two attached hydrogens (primary N) is 4. The Morgan fingerprint density at radius 2 is 1.89 bits per heavy atom. The van der Waals surface area contributed by atoms with Crippen molar-refractivity contribution < 1.29 is 49.3 Å². The number of likely N-dealkylation sites (N-methyl/N-ethyl adjacent to an activating group) is 1. The van der Waals surface area contributed by atoms with Crippen molar-refractivity contribution in [1.82, 2.24) is 16.0 Å². The molecule has 1 aliphatic carbocycles. The molecule has 16 N–H and O–H groups in total. The zero-order chi connectivity index (χ0) is 32.8. The Hall–Kier alpha value is -1.55. The lowest BCUT2D eigenvalue weighted by molar-refractivity contribution is -0.272. The van der Waals surface area contributed by atoms with E-state index in [1.807, 2.05) is 6.08 Å². The molecule has 44 heavy (non-hydrogen) atoms. The number of hydrogen-bond acceptors (Lipinski definition) is 16. The van der Waals surface area contributed by atoms with Crippen LogP contribution in [0.4, 0.5) is 0 Å². The Kier molecular flexibility index (Phi) is 17.4. The second kappa shape index (κ2) is 19.9. The maximum atomic E-state index is 12.6. The fourth-order valence-corrected chi connectivity index (χ4v) is 4.92. The SMILES string of the molecule is CN[C@@H](C)[C@@H](O)[C@H](OCCO)O[C@@H]1[C@@H](O)[C@H](O[C@H]2OC(CNCCCC(O)CN)=CC[C@H]2N)[C@@H](N)C[C@H]1NC(=O)[C@@H](O)CN. The van der Waals surface area contributed by atoms with Crippen LogP contribution in [0.3, 0.4) is 0 Å². The predicted octanol–water partition coefficient (Wildman–Crippen LogP) is -5.40. The van der Waals surface area contributed by atoms with Gasteiger partial charge in [-0.05, 0) is 52.3 Å². The number of carbonyl (C=O) groups is 1. The second-order valence-electron chi connectivity index (χ2n) is 11.3. The van der Waals surface area contributed by atoms with E-state index >= 15 is 0 Å². The van der Waals surface area contributed by atoms with Crippen LogP contribution >= 0.6 is 0 Å². The molecular formula is C27H55N7O10. The molecule has 0 aromatic heterocycles. The van der Waals surface area contributed by atoms with E-state index in [2.05, 4.69) is 16.0 Å². The smallest absolute Gasteiger partial charge is 0.250 e. The van der Waals surface area contributed by atoms with Crippen LogP contribution in [0.5, 0.6) is 0 Å². The van der Waals surface area contributed by atoms with Crippen molar-refractivity contribution in [1.29, 1.82) is 0 Å². The Balaban J connectivity index is 2.18. The van der Waals surface area contributed by atoms with Crippen LogP contribution in [-0.4, -0.2) is 151 Å². The third kappa shape index (κ3) is 11.7. The van der Waals surface area contributed by atoms with Crippen molar-refractivity contribution in [2.24, 2.45) is 22.9 Å². The molecule has 1 amide bonds. The predicted molar refractivity (Wildman–Crippen MR) is 159 cm³/mol. The summed E-state index contributed by atoms with van der Waals surface area (Å²) in [5, 5.41) is 60.0. The highest BCUT2D eigenvalue weighted by Gasteiger charge is 2.48. The number of amides is 1. The van der Waals surface area contributed by atoms with Crippen molar-refractivity contribution in [3.63, 3.8) is 0 Å². The zero-order valence-electron chi connectivity index (χ0n) is 25.7. The maximum absolute atomic E-state index is 12.6. The van der Waals surface area contributed by atoms with Crippen molar-refractivity contribution in [3.05, 3.63) is 11.8 Å². The standard InChI is InChI=1S/C27H55N7O10/c1-14(32-2)21(38)27(41-9-8-35)44-24-19(34-25(40)20(37)12-29)10-18(31)23(22(24)39)43-26-17(30)6-5-16(42-26)13-33-7-3-4-15(36)11-28/h5,14-15,17-24,26-27,32-33,35-39H,3-4,6-13,28-31H2,1-2H3,(H,34,40)/t14-,15?,17+,18-,19+,20-,21+,22-,23+,24-,26+,27+/m0/s1. The Bertz CT molecular complexity index is 862. The van der Waals surface area contributed by atoms with Gasteiger partial charge in [0.25, 0.3) is 0 Å². The number of rotatable bonds is 20. The molecule has 258 valence electrons. The normalized spacial score (nSPS) is 30.9. The minimum atomic E-state index is -1.51. The first-order valence-corrected chi connectivity index (χ1v) is 15.2. The summed E-state index contributed by atoms with van der Waals surface area (Å²) >= 11 is 0. The van der Waals surface area contributed by atoms with Crippen LogP contribution in [0.15, 0.2) is 11.8 Å². The van der Waals surface area contributed by atoms with Gasteiger partial charge in [0.15, 0.2) is 6.29 Å². The highest BCUT2D eigenvalue weighted by Crippen LogP contribution is 2.30. The summed E-state index contributed by atoms with van der Waals surface area (Å²) < 4.78 is 23.8. The lowest BCUT2D eigenvalue weighted by Crippen LogP contribution is -2.67. The summed E-state index contributed by atoms with van der Waals surface area (Å²) in [6, 6.07) is -2.86. The summed E-state index contributed by atoms with van der Waals surface area (Å²) in [4.78, 5) is 12.6. The molecule has 0 aromatic rings. The largest absolute Gasteiger partial charge is 0.467 e. The van der Waals surface area contributed by atoms with Crippen LogP contribution in [0.25, 0.3) is 0 Å². The van der Waals surface area contributed by atoms with Gasteiger partial charge < -0.3 is 83.4 Å². The summed E-state index contributed by atoms with van der Waals surface area (Å²) in [5.74, 6) is -0.204. The van der Waals surface area contributed by atoms with Crippen LogP contribution in [0.1, 0.15) is 32.6 Å². The van der Waals surface area contributed by atoms with E-state index in [0.717, 1.165) is 6.42 Å². The molecule has 0 radical (unpaired) electrons. The Morgan fingerprint density at radius 1 is 1.16 bits per heavy atom. The highest BCUT2D eigenvalue weighted by molar-refractivity contribution is 5.81. The van der Waals surface area contributed by atoms with Gasteiger partial charge >= 0.3 is 0 Å². The third-order valence-electron chi connectivity index (χ3n) is 7.77. The fraction of sp³-hybridized carbons (Fsp3) is 0.889. The van der Waals surface area contributed by atoms with Gasteiger partial charge in [-0.2, -0.15) is 0 Å². The van der Waals surface area contributed by atoms with E-state index < -0.39 is 79.3 Å². The first-order valence-electron chi connectivity index (χ1n) is 15.2. The van der Waals surface area contributed by atoms with E-state index in [1.54, 1.807) is 14.0 Å². The fourth-order valence-electron chi connectivity index (χ4n) is 4.92. The summed E-state index contributed by atoms with van der Waals surface area (Å²) in [6.07, 6.45) is -5.77. The molecule has 2 rings (SSSR count). The number of nitrogens with one attached hydrogen (secondary N) is 3. The molecule has 0 aromatic carbocycles. The second-order valence-corrected chi connectivity index (χ2v) is 11.3. The van der Waals surface area contributed by atoms with E-state index in [1.165, 1.54) is 0 Å². The maximum Gasteiger partial charge on any atom is 0.250 e. The molecule has 2 aliphatic rings. The van der Waals surface area contributed by atoms with Crippen molar-refractivity contribution in [2.75, 3.05) is 46.4 Å². The van der Waals surface area contributed by atoms with E-state index in [9.17, 15) is 30.3 Å². The zero-order valence-corrected chi connectivity index (χ0v) is 25.7. The quantitative estimate of drug-likeness (QED) is 0.0438. The van der Waals surface area contributed by atoms with E-state index in [4.69, 9.17) is 41.9 Å². The van der Waals surface area contributed by atoms with Gasteiger partial charge in [-0.1, -0.05) is 0 Å². The number of hydrogen-bond donors (Lipinski definition) is 12. The van der Waals surface area contributed by atoms with Gasteiger partial charge in [-0.15, -0.1) is 0 Å². The molecule has 0 bridgehead atoms. The highest BCUT2D eigenvalue weighted by atomic mass is 16.7. The first-order chi connectivity index (χ1) is 21.0. The molecule has 17 nitrogen and oxygen atoms in total. The molecule has 1 heterocycles. The molecule has 1 unspecified atom stereocenters.